The number of hydrogen-bond donors (Lipinski definition) is 1. The molecule has 35 heavy (non-hydrogen) atoms. The van der Waals surface area contributed by atoms with Gasteiger partial charge in [0.05, 0.1) is 17.8 Å². The second-order valence-corrected chi connectivity index (χ2v) is 9.28. The van der Waals surface area contributed by atoms with E-state index in [1.807, 2.05) is 0 Å². The van der Waals surface area contributed by atoms with Gasteiger partial charge in [0, 0.05) is 31.4 Å². The average molecular weight is 502 g/mol. The van der Waals surface area contributed by atoms with Gasteiger partial charge in [-0.25, -0.2) is 24.7 Å². The van der Waals surface area contributed by atoms with Crippen LogP contribution in [0.5, 0.6) is 0 Å². The molecule has 1 aliphatic heterocycles. The van der Waals surface area contributed by atoms with Crippen LogP contribution in [0.4, 0.5) is 32.7 Å². The Bertz CT molecular complexity index is 1050. The quantitative estimate of drug-likeness (QED) is 0.581. The number of nitrogens with one attached hydrogen (secondary N) is 1. The molecule has 3 heterocycles. The van der Waals surface area contributed by atoms with Crippen LogP contribution < -0.4 is 5.32 Å². The number of halogens is 5. The third kappa shape index (κ3) is 6.95. The molecule has 0 bridgehead atoms. The Morgan fingerprint density at radius 3 is 2.37 bits per heavy atom. The van der Waals surface area contributed by atoms with Crippen LogP contribution in [0, 0.1) is 6.92 Å². The predicted octanol–water partition coefficient (Wildman–Crippen LogP) is 4.91. The van der Waals surface area contributed by atoms with E-state index in [4.69, 9.17) is 4.74 Å². The van der Waals surface area contributed by atoms with Crippen LogP contribution in [-0.4, -0.2) is 56.2 Å². The summed E-state index contributed by atoms with van der Waals surface area (Å²) in [6.45, 7) is 6.42. The number of aryl methyl sites for hydroxylation is 1. The fourth-order valence-electron chi connectivity index (χ4n) is 3.63. The third-order valence-corrected chi connectivity index (χ3v) is 5.28. The maximum Gasteiger partial charge on any atom is 0.433 e. The van der Waals surface area contributed by atoms with Crippen LogP contribution in [-0.2, 0) is 16.8 Å². The number of rotatable bonds is 5. The Hall–Kier alpha value is -3.12. The fourth-order valence-corrected chi connectivity index (χ4v) is 3.63. The zero-order chi connectivity index (χ0) is 26.0. The maximum absolute atomic E-state index is 15.2. The topological polar surface area (TPSA) is 93.1 Å². The lowest BCUT2D eigenvalue weighted by molar-refractivity contribution is -0.141. The number of carbonyl (C=O) groups excluding carboxylic acids is 1. The van der Waals surface area contributed by atoms with Crippen LogP contribution in [0.1, 0.15) is 62.3 Å². The molecule has 1 saturated heterocycles. The molecule has 0 aliphatic carbocycles. The van der Waals surface area contributed by atoms with Crippen molar-refractivity contribution in [3.63, 3.8) is 0 Å². The number of anilines is 1. The molecule has 1 fully saturated rings. The highest BCUT2D eigenvalue weighted by molar-refractivity contribution is 5.68. The summed E-state index contributed by atoms with van der Waals surface area (Å²) in [6, 6.07) is 0.652. The minimum atomic E-state index is -4.73. The third-order valence-electron chi connectivity index (χ3n) is 5.28. The van der Waals surface area contributed by atoms with E-state index in [1.165, 1.54) is 4.90 Å². The molecular weight excluding hydrogens is 475 g/mol. The van der Waals surface area contributed by atoms with Gasteiger partial charge in [-0.05, 0) is 46.6 Å². The highest BCUT2D eigenvalue weighted by Crippen LogP contribution is 2.37. The van der Waals surface area contributed by atoms with Crippen molar-refractivity contribution >= 4 is 12.0 Å². The smallest absolute Gasteiger partial charge is 0.433 e. The molecule has 8 nitrogen and oxygen atoms in total. The van der Waals surface area contributed by atoms with Crippen molar-refractivity contribution in [2.45, 2.75) is 64.2 Å². The van der Waals surface area contributed by atoms with E-state index >= 15 is 8.78 Å². The van der Waals surface area contributed by atoms with Gasteiger partial charge in [0.15, 0.2) is 0 Å². The Labute approximate surface area is 199 Å². The first-order valence-corrected chi connectivity index (χ1v) is 11.0. The van der Waals surface area contributed by atoms with Gasteiger partial charge in [0.25, 0.3) is 5.92 Å². The molecule has 0 radical (unpaired) electrons. The molecule has 1 amide bonds. The number of amides is 1. The van der Waals surface area contributed by atoms with Crippen molar-refractivity contribution in [3.8, 4) is 0 Å². The summed E-state index contributed by atoms with van der Waals surface area (Å²) in [5, 5.41) is 2.19. The summed E-state index contributed by atoms with van der Waals surface area (Å²) < 4.78 is 74.3. The second kappa shape index (κ2) is 9.86. The average Bonchev–Trinajstić information content (AvgIpc) is 2.76. The monoisotopic (exact) mass is 502 g/mol. The molecule has 0 atom stereocenters. The number of nitrogens with zero attached hydrogens (tertiary/aromatic N) is 5. The van der Waals surface area contributed by atoms with Gasteiger partial charge >= 0.3 is 12.3 Å². The number of aromatic nitrogens is 4. The number of hydrogen-bond acceptors (Lipinski definition) is 7. The van der Waals surface area contributed by atoms with Gasteiger partial charge in [-0.2, -0.15) is 22.0 Å². The molecule has 0 aromatic carbocycles. The standard InChI is InChI=1S/C22H27F5N6O2/c1-13-29-11-15(21(23,24)12-30-18-28-8-5-16(32-18)22(25,26)27)17(31-13)14-6-9-33(10-7-14)19(34)35-20(2,3)4/h5,8,11,14H,6-7,9-10,12H2,1-4H3,(H,28,30,32). The van der Waals surface area contributed by atoms with Gasteiger partial charge in [0.1, 0.15) is 17.1 Å². The van der Waals surface area contributed by atoms with E-state index in [-0.39, 0.29) is 11.6 Å². The maximum atomic E-state index is 15.2. The molecule has 0 saturated carbocycles. The van der Waals surface area contributed by atoms with Crippen LogP contribution in [0.15, 0.2) is 18.5 Å². The first-order chi connectivity index (χ1) is 16.2. The summed E-state index contributed by atoms with van der Waals surface area (Å²) in [5.41, 5.74) is -2.17. The van der Waals surface area contributed by atoms with Gasteiger partial charge in [-0.3, -0.25) is 0 Å². The van der Waals surface area contributed by atoms with E-state index in [1.54, 1.807) is 27.7 Å². The molecule has 0 unspecified atom stereocenters. The Morgan fingerprint density at radius 1 is 1.11 bits per heavy atom. The minimum Gasteiger partial charge on any atom is -0.444 e. The number of piperidine rings is 1. The minimum absolute atomic E-state index is 0.151. The molecule has 192 valence electrons. The molecular formula is C22H27F5N6O2. The summed E-state index contributed by atoms with van der Waals surface area (Å²) in [4.78, 5) is 28.8. The van der Waals surface area contributed by atoms with E-state index < -0.39 is 47.5 Å². The molecule has 1 aliphatic rings. The largest absolute Gasteiger partial charge is 0.444 e. The highest BCUT2D eigenvalue weighted by Gasteiger charge is 2.39. The predicted molar refractivity (Wildman–Crippen MR) is 116 cm³/mol. The first kappa shape index (κ1) is 26.5. The van der Waals surface area contributed by atoms with Crippen LogP contribution in [0.25, 0.3) is 0 Å². The molecule has 1 N–H and O–H groups in total. The summed E-state index contributed by atoms with van der Waals surface area (Å²) in [6.07, 6.45) is -2.53. The molecule has 2 aromatic heterocycles. The number of ether oxygens (including phenoxy) is 1. The first-order valence-electron chi connectivity index (χ1n) is 11.0. The normalized spacial score (nSPS) is 15.7. The molecule has 2 aromatic rings. The van der Waals surface area contributed by atoms with Gasteiger partial charge < -0.3 is 15.0 Å². The number of alkyl halides is 5. The summed E-state index contributed by atoms with van der Waals surface area (Å²) in [5.74, 6) is -4.15. The lowest BCUT2D eigenvalue weighted by Gasteiger charge is -2.34. The Morgan fingerprint density at radius 2 is 1.77 bits per heavy atom. The Kier molecular flexibility index (Phi) is 7.46. The van der Waals surface area contributed by atoms with E-state index in [2.05, 4.69) is 25.3 Å². The summed E-state index contributed by atoms with van der Waals surface area (Å²) in [7, 11) is 0. The summed E-state index contributed by atoms with van der Waals surface area (Å²) >= 11 is 0. The van der Waals surface area contributed by atoms with Crippen molar-refractivity contribution in [1.29, 1.82) is 0 Å². The van der Waals surface area contributed by atoms with Crippen molar-refractivity contribution in [2.24, 2.45) is 0 Å². The zero-order valence-electron chi connectivity index (χ0n) is 19.8. The van der Waals surface area contributed by atoms with Crippen molar-refractivity contribution in [3.05, 3.63) is 41.2 Å². The fraction of sp³-hybridized carbons (Fsp3) is 0.591. The number of likely N-dealkylation sites (tertiary alicyclic amines) is 1. The van der Waals surface area contributed by atoms with E-state index in [0.29, 0.717) is 37.8 Å². The second-order valence-electron chi connectivity index (χ2n) is 9.28. The molecule has 3 rings (SSSR count). The molecule has 0 spiro atoms. The van der Waals surface area contributed by atoms with Crippen molar-refractivity contribution < 1.29 is 31.5 Å². The van der Waals surface area contributed by atoms with Crippen LogP contribution in [0.3, 0.4) is 0 Å². The molecule has 13 heteroatoms. The Balaban J connectivity index is 1.74. The van der Waals surface area contributed by atoms with Gasteiger partial charge in [0.2, 0.25) is 5.95 Å². The van der Waals surface area contributed by atoms with E-state index in [9.17, 15) is 18.0 Å². The zero-order valence-corrected chi connectivity index (χ0v) is 19.8. The van der Waals surface area contributed by atoms with Crippen LogP contribution in [0.2, 0.25) is 0 Å². The van der Waals surface area contributed by atoms with Crippen molar-refractivity contribution in [2.75, 3.05) is 25.0 Å². The van der Waals surface area contributed by atoms with E-state index in [0.717, 1.165) is 12.4 Å². The van der Waals surface area contributed by atoms with Crippen molar-refractivity contribution in [1.82, 2.24) is 24.8 Å². The SMILES string of the molecule is Cc1ncc(C(F)(F)CNc2nccc(C(F)(F)F)n2)c(C2CCN(C(=O)OC(C)(C)C)CC2)n1. The lowest BCUT2D eigenvalue weighted by atomic mass is 9.89. The number of carbonyl (C=O) groups is 1. The van der Waals surface area contributed by atoms with Crippen LogP contribution >= 0.6 is 0 Å². The van der Waals surface area contributed by atoms with Gasteiger partial charge in [-0.15, -0.1) is 0 Å². The highest BCUT2D eigenvalue weighted by atomic mass is 19.4. The lowest BCUT2D eigenvalue weighted by Crippen LogP contribution is -2.41. The van der Waals surface area contributed by atoms with Gasteiger partial charge in [-0.1, -0.05) is 0 Å².